The Bertz CT molecular complexity index is 486. The van der Waals surface area contributed by atoms with E-state index in [4.69, 9.17) is 4.74 Å². The van der Waals surface area contributed by atoms with Gasteiger partial charge in [0, 0.05) is 25.7 Å². The molecule has 0 amide bonds. The minimum absolute atomic E-state index is 0.0528. The van der Waals surface area contributed by atoms with Crippen molar-refractivity contribution in [1.29, 1.82) is 0 Å². The Kier molecular flexibility index (Phi) is 3.74. The molecule has 20 heavy (non-hydrogen) atoms. The van der Waals surface area contributed by atoms with Crippen molar-refractivity contribution in [3.05, 3.63) is 29.3 Å². The number of piperidine rings is 1. The zero-order chi connectivity index (χ0) is 14.2. The number of rotatable bonds is 3. The van der Waals surface area contributed by atoms with Crippen molar-refractivity contribution in [2.45, 2.75) is 58.3 Å². The molecule has 3 heteroatoms. The van der Waals surface area contributed by atoms with Crippen LogP contribution >= 0.6 is 0 Å². The van der Waals surface area contributed by atoms with Crippen molar-refractivity contribution in [2.24, 2.45) is 0 Å². The lowest BCUT2D eigenvalue weighted by atomic mass is 9.93. The van der Waals surface area contributed by atoms with Crippen LogP contribution in [0.2, 0.25) is 0 Å². The fraction of sp³-hybridized carbons (Fsp3) is 0.647. The maximum Gasteiger partial charge on any atom is 0.120 e. The highest BCUT2D eigenvalue weighted by Crippen LogP contribution is 2.30. The standard InChI is InChI=1S/C17H26N2O/c1-13(2)19-8-4-7-17(3,12-19)20-16-6-5-14-10-18-11-15(14)9-16/h5-6,9,13,18H,4,7-8,10-12H2,1-3H3. The first kappa shape index (κ1) is 13.9. The van der Waals surface area contributed by atoms with Crippen LogP contribution < -0.4 is 10.1 Å². The number of benzene rings is 1. The van der Waals surface area contributed by atoms with Gasteiger partial charge in [0.25, 0.3) is 0 Å². The van der Waals surface area contributed by atoms with Crippen LogP contribution in [0.3, 0.4) is 0 Å². The fourth-order valence-electron chi connectivity index (χ4n) is 3.39. The highest BCUT2D eigenvalue weighted by Gasteiger charge is 2.34. The molecule has 1 saturated heterocycles. The second-order valence-electron chi connectivity index (χ2n) is 6.75. The molecule has 3 nitrogen and oxygen atoms in total. The van der Waals surface area contributed by atoms with Gasteiger partial charge in [0.15, 0.2) is 0 Å². The normalized spacial score (nSPS) is 26.8. The van der Waals surface area contributed by atoms with Gasteiger partial charge in [0.1, 0.15) is 11.4 Å². The molecule has 2 aliphatic rings. The third-order valence-corrected chi connectivity index (χ3v) is 4.59. The molecule has 1 unspecified atom stereocenters. The van der Waals surface area contributed by atoms with Crippen LogP contribution in [0.15, 0.2) is 18.2 Å². The van der Waals surface area contributed by atoms with E-state index in [-0.39, 0.29) is 5.60 Å². The van der Waals surface area contributed by atoms with Gasteiger partial charge in [0.2, 0.25) is 0 Å². The quantitative estimate of drug-likeness (QED) is 0.917. The number of hydrogen-bond acceptors (Lipinski definition) is 3. The summed E-state index contributed by atoms with van der Waals surface area (Å²) in [6.07, 6.45) is 2.37. The van der Waals surface area contributed by atoms with Gasteiger partial charge in [-0.15, -0.1) is 0 Å². The number of fused-ring (bicyclic) bond motifs is 1. The summed E-state index contributed by atoms with van der Waals surface area (Å²) < 4.78 is 6.38. The van der Waals surface area contributed by atoms with Gasteiger partial charge in [-0.25, -0.2) is 0 Å². The lowest BCUT2D eigenvalue weighted by molar-refractivity contribution is -0.00532. The number of hydrogen-bond donors (Lipinski definition) is 1. The largest absolute Gasteiger partial charge is 0.486 e. The second kappa shape index (κ2) is 5.38. The Morgan fingerprint density at radius 3 is 2.85 bits per heavy atom. The van der Waals surface area contributed by atoms with Gasteiger partial charge in [-0.2, -0.15) is 0 Å². The van der Waals surface area contributed by atoms with E-state index in [1.165, 1.54) is 24.1 Å². The van der Waals surface area contributed by atoms with Crippen molar-refractivity contribution < 1.29 is 4.74 Å². The van der Waals surface area contributed by atoms with E-state index in [1.807, 2.05) is 0 Å². The molecule has 2 heterocycles. The highest BCUT2D eigenvalue weighted by molar-refractivity contribution is 5.38. The number of nitrogens with zero attached hydrogens (tertiary/aromatic N) is 1. The van der Waals surface area contributed by atoms with Crippen molar-refractivity contribution in [3.8, 4) is 5.75 Å². The Labute approximate surface area is 122 Å². The first-order valence-corrected chi connectivity index (χ1v) is 7.81. The third-order valence-electron chi connectivity index (χ3n) is 4.59. The maximum atomic E-state index is 6.38. The Hall–Kier alpha value is -1.06. The minimum atomic E-state index is -0.0528. The minimum Gasteiger partial charge on any atom is -0.486 e. The van der Waals surface area contributed by atoms with E-state index in [0.717, 1.165) is 31.8 Å². The van der Waals surface area contributed by atoms with Crippen LogP contribution in [0.1, 0.15) is 44.7 Å². The monoisotopic (exact) mass is 274 g/mol. The SMILES string of the molecule is CC(C)N1CCCC(C)(Oc2ccc3c(c2)CNC3)C1. The molecular weight excluding hydrogens is 248 g/mol. The van der Waals surface area contributed by atoms with E-state index in [1.54, 1.807) is 0 Å². The summed E-state index contributed by atoms with van der Waals surface area (Å²) in [7, 11) is 0. The van der Waals surface area contributed by atoms with Gasteiger partial charge >= 0.3 is 0 Å². The molecule has 1 atom stereocenters. The summed E-state index contributed by atoms with van der Waals surface area (Å²) in [6.45, 7) is 11.0. The number of ether oxygens (including phenoxy) is 1. The summed E-state index contributed by atoms with van der Waals surface area (Å²) in [5.41, 5.74) is 2.75. The molecule has 0 aliphatic carbocycles. The van der Waals surface area contributed by atoms with Crippen molar-refractivity contribution in [1.82, 2.24) is 10.2 Å². The average molecular weight is 274 g/mol. The van der Waals surface area contributed by atoms with Crippen molar-refractivity contribution in [2.75, 3.05) is 13.1 Å². The molecule has 1 fully saturated rings. The fourth-order valence-corrected chi connectivity index (χ4v) is 3.39. The second-order valence-corrected chi connectivity index (χ2v) is 6.75. The maximum absolute atomic E-state index is 6.38. The van der Waals surface area contributed by atoms with Crippen LogP contribution in [-0.2, 0) is 13.1 Å². The molecule has 1 N–H and O–H groups in total. The zero-order valence-electron chi connectivity index (χ0n) is 12.9. The van der Waals surface area contributed by atoms with Crippen molar-refractivity contribution >= 4 is 0 Å². The molecule has 2 aliphatic heterocycles. The molecule has 0 bridgehead atoms. The molecule has 110 valence electrons. The van der Waals surface area contributed by atoms with Crippen LogP contribution in [0.5, 0.6) is 5.75 Å². The Balaban J connectivity index is 1.72. The van der Waals surface area contributed by atoms with Crippen LogP contribution in [0.25, 0.3) is 0 Å². The molecule has 1 aromatic carbocycles. The van der Waals surface area contributed by atoms with Crippen LogP contribution in [0, 0.1) is 0 Å². The number of likely N-dealkylation sites (tertiary alicyclic amines) is 1. The van der Waals surface area contributed by atoms with Gasteiger partial charge in [0.05, 0.1) is 0 Å². The lowest BCUT2D eigenvalue weighted by Crippen LogP contribution is -2.51. The summed E-state index contributed by atoms with van der Waals surface area (Å²) in [5.74, 6) is 1.03. The molecule has 1 aromatic rings. The van der Waals surface area contributed by atoms with E-state index in [2.05, 4.69) is 49.2 Å². The molecule has 0 spiro atoms. The summed E-state index contributed by atoms with van der Waals surface area (Å²) in [4.78, 5) is 2.53. The topological polar surface area (TPSA) is 24.5 Å². The van der Waals surface area contributed by atoms with Crippen molar-refractivity contribution in [3.63, 3.8) is 0 Å². The highest BCUT2D eigenvalue weighted by atomic mass is 16.5. The predicted octanol–water partition coefficient (Wildman–Crippen LogP) is 2.93. The first-order chi connectivity index (χ1) is 9.56. The summed E-state index contributed by atoms with van der Waals surface area (Å²) in [6, 6.07) is 7.15. The average Bonchev–Trinajstić information content (AvgIpc) is 2.85. The van der Waals surface area contributed by atoms with E-state index in [9.17, 15) is 0 Å². The Morgan fingerprint density at radius 2 is 2.05 bits per heavy atom. The molecule has 0 radical (unpaired) electrons. The van der Waals surface area contributed by atoms with Gasteiger partial charge in [-0.05, 0) is 63.4 Å². The molecule has 0 aromatic heterocycles. The Morgan fingerprint density at radius 1 is 1.25 bits per heavy atom. The summed E-state index contributed by atoms with van der Waals surface area (Å²) >= 11 is 0. The summed E-state index contributed by atoms with van der Waals surface area (Å²) in [5, 5.41) is 3.39. The van der Waals surface area contributed by atoms with E-state index >= 15 is 0 Å². The first-order valence-electron chi connectivity index (χ1n) is 7.81. The van der Waals surface area contributed by atoms with E-state index in [0.29, 0.717) is 6.04 Å². The van der Waals surface area contributed by atoms with Gasteiger partial charge in [-0.3, -0.25) is 4.90 Å². The van der Waals surface area contributed by atoms with Crippen LogP contribution in [0.4, 0.5) is 0 Å². The predicted molar refractivity (Wildman–Crippen MR) is 82.0 cm³/mol. The van der Waals surface area contributed by atoms with Crippen LogP contribution in [-0.4, -0.2) is 29.6 Å². The zero-order valence-corrected chi connectivity index (χ0v) is 12.9. The lowest BCUT2D eigenvalue weighted by Gasteiger charge is -2.42. The molecular formula is C17H26N2O. The van der Waals surface area contributed by atoms with E-state index < -0.39 is 0 Å². The third kappa shape index (κ3) is 2.84. The number of nitrogens with one attached hydrogen (secondary N) is 1. The smallest absolute Gasteiger partial charge is 0.120 e. The molecule has 3 rings (SSSR count). The van der Waals surface area contributed by atoms with Gasteiger partial charge in [-0.1, -0.05) is 6.07 Å². The van der Waals surface area contributed by atoms with Gasteiger partial charge < -0.3 is 10.1 Å². The molecule has 0 saturated carbocycles.